The lowest BCUT2D eigenvalue weighted by Crippen LogP contribution is -2.16. The van der Waals surface area contributed by atoms with Crippen molar-refractivity contribution < 1.29 is 8.42 Å². The largest absolute Gasteiger partial charge is 0.229 e. The van der Waals surface area contributed by atoms with Gasteiger partial charge in [0.15, 0.2) is 9.84 Å². The first-order chi connectivity index (χ1) is 4.47. The summed E-state index contributed by atoms with van der Waals surface area (Å²) in [6.07, 6.45) is 1.83. The fraction of sp³-hybridized carbons (Fsp3) is 1.00. The van der Waals surface area contributed by atoms with Crippen LogP contribution in [0.2, 0.25) is 0 Å². The van der Waals surface area contributed by atoms with Crippen LogP contribution in [0.1, 0.15) is 26.7 Å². The Bertz CT molecular complexity index is 218. The molecule has 10 heavy (non-hydrogen) atoms. The van der Waals surface area contributed by atoms with Gasteiger partial charge < -0.3 is 0 Å². The lowest BCUT2D eigenvalue weighted by atomic mass is 9.88. The second-order valence-corrected chi connectivity index (χ2v) is 5.69. The molecule has 1 rings (SSSR count). The zero-order chi connectivity index (χ0) is 7.83. The maximum atomic E-state index is 11.0. The van der Waals surface area contributed by atoms with Crippen molar-refractivity contribution >= 4 is 9.84 Å². The minimum atomic E-state index is -2.67. The van der Waals surface area contributed by atoms with Crippen LogP contribution in [0.5, 0.6) is 0 Å². The summed E-state index contributed by atoms with van der Waals surface area (Å²) in [7, 11) is -2.67. The molecule has 0 aromatic heterocycles. The molecule has 0 spiro atoms. The van der Waals surface area contributed by atoms with Crippen LogP contribution in [0.25, 0.3) is 0 Å². The van der Waals surface area contributed by atoms with Crippen molar-refractivity contribution in [2.24, 2.45) is 5.41 Å². The van der Waals surface area contributed by atoms with Gasteiger partial charge >= 0.3 is 0 Å². The van der Waals surface area contributed by atoms with E-state index in [0.29, 0.717) is 11.5 Å². The van der Waals surface area contributed by atoms with Crippen molar-refractivity contribution in [3.8, 4) is 0 Å². The molecule has 0 N–H and O–H groups in total. The summed E-state index contributed by atoms with van der Waals surface area (Å²) in [6, 6.07) is 0. The maximum absolute atomic E-state index is 11.0. The fourth-order valence-corrected chi connectivity index (χ4v) is 3.71. The monoisotopic (exact) mass is 162 g/mol. The summed E-state index contributed by atoms with van der Waals surface area (Å²) in [5, 5.41) is 0. The van der Waals surface area contributed by atoms with Crippen molar-refractivity contribution in [2.75, 3.05) is 11.5 Å². The average Bonchev–Trinajstić information content (AvgIpc) is 2.08. The summed E-state index contributed by atoms with van der Waals surface area (Å²) in [5.74, 6) is 0.799. The lowest BCUT2D eigenvalue weighted by Gasteiger charge is -2.17. The first-order valence-corrected chi connectivity index (χ1v) is 5.50. The second kappa shape index (κ2) is 2.22. The Balaban J connectivity index is 2.76. The molecule has 1 atom stereocenters. The molecule has 3 heteroatoms. The van der Waals surface area contributed by atoms with Crippen LogP contribution in [-0.2, 0) is 9.84 Å². The van der Waals surface area contributed by atoms with Crippen molar-refractivity contribution in [3.05, 3.63) is 0 Å². The Labute approximate surface area is 62.5 Å². The minimum absolute atomic E-state index is 0.0822. The molecule has 0 saturated carbocycles. The van der Waals surface area contributed by atoms with E-state index in [2.05, 4.69) is 13.8 Å². The van der Waals surface area contributed by atoms with Crippen LogP contribution in [0.4, 0.5) is 0 Å². The van der Waals surface area contributed by atoms with Gasteiger partial charge in [-0.3, -0.25) is 0 Å². The van der Waals surface area contributed by atoms with Crippen molar-refractivity contribution in [1.29, 1.82) is 0 Å². The van der Waals surface area contributed by atoms with Crippen LogP contribution in [0, 0.1) is 5.41 Å². The summed E-state index contributed by atoms with van der Waals surface area (Å²) >= 11 is 0. The first kappa shape index (κ1) is 8.05. The van der Waals surface area contributed by atoms with Gasteiger partial charge in [0, 0.05) is 0 Å². The molecule has 0 amide bonds. The first-order valence-electron chi connectivity index (χ1n) is 3.68. The Morgan fingerprint density at radius 3 is 2.30 bits per heavy atom. The highest BCUT2D eigenvalue weighted by Gasteiger charge is 2.36. The minimum Gasteiger partial charge on any atom is -0.229 e. The molecule has 1 unspecified atom stereocenters. The van der Waals surface area contributed by atoms with Gasteiger partial charge in [-0.05, 0) is 18.3 Å². The maximum Gasteiger partial charge on any atom is 0.150 e. The quantitative estimate of drug-likeness (QED) is 0.581. The molecule has 0 aromatic rings. The Kier molecular flexibility index (Phi) is 1.79. The van der Waals surface area contributed by atoms with E-state index in [9.17, 15) is 8.42 Å². The van der Waals surface area contributed by atoms with Gasteiger partial charge in [-0.2, -0.15) is 0 Å². The number of sulfone groups is 1. The fourth-order valence-electron chi connectivity index (χ4n) is 1.36. The van der Waals surface area contributed by atoms with Crippen molar-refractivity contribution in [2.45, 2.75) is 26.7 Å². The van der Waals surface area contributed by atoms with Crippen LogP contribution >= 0.6 is 0 Å². The van der Waals surface area contributed by atoms with Gasteiger partial charge in [-0.1, -0.05) is 13.8 Å². The van der Waals surface area contributed by atoms with E-state index >= 15 is 0 Å². The number of hydrogen-bond acceptors (Lipinski definition) is 2. The standard InChI is InChI=1S/C7H14O2S/c1-3-7(2)4-5-10(8,9)6-7/h3-6H2,1-2H3. The molecule has 60 valence electrons. The summed E-state index contributed by atoms with van der Waals surface area (Å²) in [6.45, 7) is 4.11. The number of hydrogen-bond donors (Lipinski definition) is 0. The van der Waals surface area contributed by atoms with Gasteiger partial charge in [0.2, 0.25) is 0 Å². The Morgan fingerprint density at radius 2 is 2.10 bits per heavy atom. The van der Waals surface area contributed by atoms with E-state index in [1.54, 1.807) is 0 Å². The van der Waals surface area contributed by atoms with Gasteiger partial charge in [-0.15, -0.1) is 0 Å². The van der Waals surface area contributed by atoms with E-state index < -0.39 is 9.84 Å². The second-order valence-electron chi connectivity index (χ2n) is 3.51. The van der Waals surface area contributed by atoms with Crippen LogP contribution < -0.4 is 0 Å². The van der Waals surface area contributed by atoms with Gasteiger partial charge in [0.25, 0.3) is 0 Å². The smallest absolute Gasteiger partial charge is 0.150 e. The molecule has 0 radical (unpaired) electrons. The van der Waals surface area contributed by atoms with Gasteiger partial charge in [0.1, 0.15) is 0 Å². The molecule has 0 bridgehead atoms. The Morgan fingerprint density at radius 1 is 1.50 bits per heavy atom. The van der Waals surface area contributed by atoms with E-state index in [1.807, 2.05) is 0 Å². The molecule has 1 heterocycles. The van der Waals surface area contributed by atoms with Crippen LogP contribution in [-0.4, -0.2) is 19.9 Å². The summed E-state index contributed by atoms with van der Waals surface area (Å²) in [5.41, 5.74) is 0.0822. The van der Waals surface area contributed by atoms with E-state index in [0.717, 1.165) is 12.8 Å². The average molecular weight is 162 g/mol. The lowest BCUT2D eigenvalue weighted by molar-refractivity contribution is 0.363. The molecular formula is C7H14O2S. The number of rotatable bonds is 1. The topological polar surface area (TPSA) is 34.1 Å². The molecular weight excluding hydrogens is 148 g/mol. The summed E-state index contributed by atoms with van der Waals surface area (Å²) < 4.78 is 22.0. The van der Waals surface area contributed by atoms with E-state index in [-0.39, 0.29) is 5.41 Å². The highest BCUT2D eigenvalue weighted by atomic mass is 32.2. The molecule has 1 aliphatic rings. The third kappa shape index (κ3) is 1.51. The van der Waals surface area contributed by atoms with Gasteiger partial charge in [-0.25, -0.2) is 8.42 Å². The molecule has 0 aromatic carbocycles. The normalized spacial score (nSPS) is 38.2. The zero-order valence-electron chi connectivity index (χ0n) is 6.55. The van der Waals surface area contributed by atoms with Crippen LogP contribution in [0.15, 0.2) is 0 Å². The molecule has 1 fully saturated rings. The molecule has 2 nitrogen and oxygen atoms in total. The highest BCUT2D eigenvalue weighted by Crippen LogP contribution is 2.34. The summed E-state index contributed by atoms with van der Waals surface area (Å²) in [4.78, 5) is 0. The van der Waals surface area contributed by atoms with E-state index in [4.69, 9.17) is 0 Å². The van der Waals surface area contributed by atoms with E-state index in [1.165, 1.54) is 0 Å². The molecule has 0 aliphatic carbocycles. The van der Waals surface area contributed by atoms with Gasteiger partial charge in [0.05, 0.1) is 11.5 Å². The highest BCUT2D eigenvalue weighted by molar-refractivity contribution is 7.91. The van der Waals surface area contributed by atoms with Crippen molar-refractivity contribution in [3.63, 3.8) is 0 Å². The zero-order valence-corrected chi connectivity index (χ0v) is 7.37. The molecule has 1 aliphatic heterocycles. The SMILES string of the molecule is CCC1(C)CCS(=O)(=O)C1. The third-order valence-electron chi connectivity index (χ3n) is 2.44. The predicted molar refractivity (Wildman–Crippen MR) is 41.7 cm³/mol. The predicted octanol–water partition coefficient (Wildman–Crippen LogP) is 1.22. The van der Waals surface area contributed by atoms with Crippen molar-refractivity contribution in [1.82, 2.24) is 0 Å². The van der Waals surface area contributed by atoms with Crippen LogP contribution in [0.3, 0.4) is 0 Å². The Hall–Kier alpha value is -0.0500. The molecule has 1 saturated heterocycles. The third-order valence-corrected chi connectivity index (χ3v) is 4.40.